The van der Waals surface area contributed by atoms with E-state index in [9.17, 15) is 0 Å². The van der Waals surface area contributed by atoms with Crippen molar-refractivity contribution in [3.63, 3.8) is 0 Å². The fourth-order valence-corrected chi connectivity index (χ4v) is 2.30. The molecule has 0 amide bonds. The van der Waals surface area contributed by atoms with E-state index in [4.69, 9.17) is 0 Å². The minimum atomic E-state index is 0.365. The Morgan fingerprint density at radius 2 is 2.12 bits per heavy atom. The second-order valence-electron chi connectivity index (χ2n) is 4.90. The van der Waals surface area contributed by atoms with Crippen LogP contribution in [0.25, 0.3) is 0 Å². The zero-order chi connectivity index (χ0) is 12.8. The van der Waals surface area contributed by atoms with Gasteiger partial charge in [0.2, 0.25) is 0 Å². The highest BCUT2D eigenvalue weighted by Gasteiger charge is 2.08. The predicted molar refractivity (Wildman–Crippen MR) is 75.7 cm³/mol. The second-order valence-corrected chi connectivity index (χ2v) is 5.96. The monoisotopic (exact) mass is 255 g/mol. The molecule has 17 heavy (non-hydrogen) atoms. The maximum absolute atomic E-state index is 4.50. The van der Waals surface area contributed by atoms with Crippen molar-refractivity contribution in [3.8, 4) is 0 Å². The van der Waals surface area contributed by atoms with Gasteiger partial charge in [-0.3, -0.25) is 0 Å². The third-order valence-corrected chi connectivity index (χ3v) is 3.89. The molecule has 0 aliphatic carbocycles. The maximum atomic E-state index is 4.50. The smallest absolute Gasteiger partial charge is 0.0898 e. The van der Waals surface area contributed by atoms with Crippen molar-refractivity contribution in [2.75, 3.05) is 20.1 Å². The topological polar surface area (TPSA) is 28.2 Å². The molecule has 0 saturated carbocycles. The van der Waals surface area contributed by atoms with Gasteiger partial charge in [-0.25, -0.2) is 4.98 Å². The lowest BCUT2D eigenvalue weighted by Crippen LogP contribution is -2.30. The van der Waals surface area contributed by atoms with E-state index >= 15 is 0 Å². The molecule has 98 valence electrons. The maximum Gasteiger partial charge on any atom is 0.0898 e. The Hall–Kier alpha value is -0.450. The van der Waals surface area contributed by atoms with E-state index in [-0.39, 0.29) is 0 Å². The van der Waals surface area contributed by atoms with Crippen LogP contribution in [0, 0.1) is 6.92 Å². The summed E-state index contributed by atoms with van der Waals surface area (Å²) in [7, 11) is 2.18. The Balaban J connectivity index is 2.19. The van der Waals surface area contributed by atoms with Crippen molar-refractivity contribution < 1.29 is 0 Å². The van der Waals surface area contributed by atoms with Crippen molar-refractivity contribution >= 4 is 11.3 Å². The van der Waals surface area contributed by atoms with Crippen LogP contribution in [-0.4, -0.2) is 36.1 Å². The first-order chi connectivity index (χ1) is 8.00. The number of aryl methyl sites for hydroxylation is 1. The van der Waals surface area contributed by atoms with Crippen molar-refractivity contribution in [2.45, 2.75) is 46.2 Å². The van der Waals surface area contributed by atoms with E-state index in [0.717, 1.165) is 18.1 Å². The van der Waals surface area contributed by atoms with E-state index in [2.05, 4.69) is 55.3 Å². The zero-order valence-electron chi connectivity index (χ0n) is 11.7. The summed E-state index contributed by atoms with van der Waals surface area (Å²) in [5.74, 6) is 0. The van der Waals surface area contributed by atoms with E-state index < -0.39 is 0 Å². The Kier molecular flexibility index (Phi) is 6.09. The summed E-state index contributed by atoms with van der Waals surface area (Å²) in [4.78, 5) is 6.87. The molecule has 1 aromatic heterocycles. The Bertz CT molecular complexity index is 322. The number of nitrogens with zero attached hydrogens (tertiary/aromatic N) is 2. The Labute approximate surface area is 109 Å². The Morgan fingerprint density at radius 1 is 1.41 bits per heavy atom. The molecule has 1 unspecified atom stereocenters. The summed E-state index contributed by atoms with van der Waals surface area (Å²) >= 11 is 1.72. The van der Waals surface area contributed by atoms with Gasteiger partial charge in [-0.05, 0) is 54.3 Å². The molecule has 1 rings (SSSR count). The average molecular weight is 255 g/mol. The minimum Gasteiger partial charge on any atom is -0.309 e. The summed E-state index contributed by atoms with van der Waals surface area (Å²) in [5.41, 5.74) is 1.17. The van der Waals surface area contributed by atoms with Crippen LogP contribution in [0.15, 0.2) is 5.38 Å². The van der Waals surface area contributed by atoms with Gasteiger partial charge in [0.05, 0.1) is 10.7 Å². The lowest BCUT2D eigenvalue weighted by Gasteiger charge is -2.21. The van der Waals surface area contributed by atoms with Crippen molar-refractivity contribution in [2.24, 2.45) is 0 Å². The molecule has 0 aliphatic heterocycles. The van der Waals surface area contributed by atoms with Crippen LogP contribution in [-0.2, 0) is 0 Å². The van der Waals surface area contributed by atoms with Crippen LogP contribution < -0.4 is 5.32 Å². The molecule has 0 saturated heterocycles. The van der Waals surface area contributed by atoms with Crippen molar-refractivity contribution in [3.05, 3.63) is 16.1 Å². The molecule has 0 aromatic carbocycles. The number of hydrogen-bond acceptors (Lipinski definition) is 4. The molecule has 3 nitrogen and oxygen atoms in total. The van der Waals surface area contributed by atoms with Gasteiger partial charge in [-0.1, -0.05) is 0 Å². The third-order valence-electron chi connectivity index (χ3n) is 3.10. The van der Waals surface area contributed by atoms with Crippen molar-refractivity contribution in [1.82, 2.24) is 15.2 Å². The number of thiazole rings is 1. The van der Waals surface area contributed by atoms with Crippen LogP contribution in [0.4, 0.5) is 0 Å². The number of nitrogens with one attached hydrogen (secondary N) is 1. The molecule has 0 bridgehead atoms. The first-order valence-corrected chi connectivity index (χ1v) is 7.24. The van der Waals surface area contributed by atoms with Crippen LogP contribution in [0.2, 0.25) is 0 Å². The first-order valence-electron chi connectivity index (χ1n) is 6.36. The molecule has 0 fully saturated rings. The summed E-state index contributed by atoms with van der Waals surface area (Å²) in [5, 5.41) is 6.82. The highest BCUT2D eigenvalue weighted by Crippen LogP contribution is 2.15. The van der Waals surface area contributed by atoms with Crippen LogP contribution >= 0.6 is 11.3 Å². The normalized spacial score (nSPS) is 13.6. The molecular weight excluding hydrogens is 230 g/mol. The van der Waals surface area contributed by atoms with Crippen LogP contribution in [0.1, 0.15) is 43.9 Å². The third kappa shape index (κ3) is 5.15. The minimum absolute atomic E-state index is 0.365. The van der Waals surface area contributed by atoms with Crippen LogP contribution in [0.5, 0.6) is 0 Å². The molecule has 1 heterocycles. The summed E-state index contributed by atoms with van der Waals surface area (Å²) in [6.07, 6.45) is 1.18. The SMILES string of the molecule is Cc1nc(C(C)NCCCN(C)C(C)C)cs1. The first kappa shape index (κ1) is 14.6. The van der Waals surface area contributed by atoms with Gasteiger partial charge in [0.1, 0.15) is 0 Å². The predicted octanol–water partition coefficient (Wildman–Crippen LogP) is 2.83. The highest BCUT2D eigenvalue weighted by molar-refractivity contribution is 7.09. The van der Waals surface area contributed by atoms with Gasteiger partial charge in [0, 0.05) is 17.5 Å². The summed E-state index contributed by atoms with van der Waals surface area (Å²) in [6.45, 7) is 10.9. The van der Waals surface area contributed by atoms with Gasteiger partial charge in [-0.15, -0.1) is 11.3 Å². The van der Waals surface area contributed by atoms with E-state index in [1.165, 1.54) is 12.1 Å². The molecule has 1 N–H and O–H groups in total. The van der Waals surface area contributed by atoms with E-state index in [1.807, 2.05) is 0 Å². The van der Waals surface area contributed by atoms with Crippen LogP contribution in [0.3, 0.4) is 0 Å². The van der Waals surface area contributed by atoms with Gasteiger partial charge >= 0.3 is 0 Å². The fourth-order valence-electron chi connectivity index (χ4n) is 1.59. The van der Waals surface area contributed by atoms with Crippen molar-refractivity contribution in [1.29, 1.82) is 0 Å². The zero-order valence-corrected chi connectivity index (χ0v) is 12.5. The molecule has 0 radical (unpaired) electrons. The lowest BCUT2D eigenvalue weighted by molar-refractivity contribution is 0.268. The quantitative estimate of drug-likeness (QED) is 0.759. The number of hydrogen-bond donors (Lipinski definition) is 1. The summed E-state index contributed by atoms with van der Waals surface area (Å²) in [6, 6.07) is 0.998. The molecule has 1 atom stereocenters. The summed E-state index contributed by atoms with van der Waals surface area (Å²) < 4.78 is 0. The fraction of sp³-hybridized carbons (Fsp3) is 0.769. The number of aromatic nitrogens is 1. The van der Waals surface area contributed by atoms with E-state index in [1.54, 1.807) is 11.3 Å². The van der Waals surface area contributed by atoms with Gasteiger partial charge in [0.25, 0.3) is 0 Å². The Morgan fingerprint density at radius 3 is 2.65 bits per heavy atom. The molecule has 0 aliphatic rings. The average Bonchev–Trinajstić information content (AvgIpc) is 2.70. The molecule has 0 spiro atoms. The lowest BCUT2D eigenvalue weighted by atomic mass is 10.2. The largest absolute Gasteiger partial charge is 0.309 e. The van der Waals surface area contributed by atoms with E-state index in [0.29, 0.717) is 12.1 Å². The van der Waals surface area contributed by atoms with Gasteiger partial charge in [-0.2, -0.15) is 0 Å². The molecule has 4 heteroatoms. The molecular formula is C13H25N3S. The standard InChI is InChI=1S/C13H25N3S/c1-10(2)16(5)8-6-7-14-11(3)13-9-17-12(4)15-13/h9-11,14H,6-8H2,1-5H3. The van der Waals surface area contributed by atoms with Gasteiger partial charge in [0.15, 0.2) is 0 Å². The highest BCUT2D eigenvalue weighted by atomic mass is 32.1. The van der Waals surface area contributed by atoms with Gasteiger partial charge < -0.3 is 10.2 Å². The number of rotatable bonds is 7. The second kappa shape index (κ2) is 7.09. The molecule has 1 aromatic rings.